The topological polar surface area (TPSA) is 28.2 Å². The van der Waals surface area contributed by atoms with E-state index in [9.17, 15) is 0 Å². The van der Waals surface area contributed by atoms with Crippen molar-refractivity contribution in [3.05, 3.63) is 53.9 Å². The second-order valence-electron chi connectivity index (χ2n) is 4.61. The second kappa shape index (κ2) is 6.34. The molecule has 0 saturated heterocycles. The molecule has 3 heteroatoms. The third kappa shape index (κ3) is 3.12. The highest BCUT2D eigenvalue weighted by Gasteiger charge is 2.08. The summed E-state index contributed by atoms with van der Waals surface area (Å²) in [5.41, 5.74) is 4.95. The van der Waals surface area contributed by atoms with Crippen LogP contribution in [0.4, 0.5) is 11.4 Å². The van der Waals surface area contributed by atoms with Crippen LogP contribution in [0.2, 0.25) is 0 Å². The fraction of sp³-hybridized carbons (Fsp3) is 0.312. The zero-order chi connectivity index (χ0) is 13.7. The zero-order valence-corrected chi connectivity index (χ0v) is 11.9. The molecular formula is C16H21N3. The molecule has 0 atom stereocenters. The van der Waals surface area contributed by atoms with Gasteiger partial charge in [-0.25, -0.2) is 0 Å². The number of nitrogens with zero attached hydrogens (tertiary/aromatic N) is 2. The van der Waals surface area contributed by atoms with E-state index in [2.05, 4.69) is 59.5 Å². The molecule has 1 N–H and O–H groups in total. The number of anilines is 2. The van der Waals surface area contributed by atoms with E-state index in [1.54, 1.807) is 0 Å². The van der Waals surface area contributed by atoms with E-state index in [0.29, 0.717) is 0 Å². The van der Waals surface area contributed by atoms with Gasteiger partial charge in [0.05, 0.1) is 0 Å². The Labute approximate surface area is 115 Å². The first-order valence-electron chi connectivity index (χ1n) is 6.66. The van der Waals surface area contributed by atoms with Crippen molar-refractivity contribution in [1.29, 1.82) is 0 Å². The Balaban J connectivity index is 2.29. The average molecular weight is 255 g/mol. The molecule has 19 heavy (non-hydrogen) atoms. The SMILES string of the molecule is CCc1ccc(N(C)c2ccncc2CNC)cc1. The minimum absolute atomic E-state index is 0.820. The normalized spacial score (nSPS) is 10.5. The Kier molecular flexibility index (Phi) is 4.53. The summed E-state index contributed by atoms with van der Waals surface area (Å²) in [7, 11) is 4.04. The lowest BCUT2D eigenvalue weighted by molar-refractivity contribution is 0.811. The van der Waals surface area contributed by atoms with Gasteiger partial charge in [0.15, 0.2) is 0 Å². The van der Waals surface area contributed by atoms with E-state index in [4.69, 9.17) is 0 Å². The second-order valence-corrected chi connectivity index (χ2v) is 4.61. The van der Waals surface area contributed by atoms with Crippen molar-refractivity contribution in [2.75, 3.05) is 19.0 Å². The summed E-state index contributed by atoms with van der Waals surface area (Å²) in [5.74, 6) is 0. The van der Waals surface area contributed by atoms with Gasteiger partial charge in [-0.05, 0) is 37.2 Å². The van der Waals surface area contributed by atoms with Crippen molar-refractivity contribution < 1.29 is 0 Å². The van der Waals surface area contributed by atoms with E-state index in [1.807, 2.05) is 19.4 Å². The highest BCUT2D eigenvalue weighted by Crippen LogP contribution is 2.26. The van der Waals surface area contributed by atoms with E-state index < -0.39 is 0 Å². The molecule has 0 aliphatic carbocycles. The van der Waals surface area contributed by atoms with E-state index >= 15 is 0 Å². The number of pyridine rings is 1. The monoisotopic (exact) mass is 255 g/mol. The van der Waals surface area contributed by atoms with Crippen LogP contribution >= 0.6 is 0 Å². The Morgan fingerprint density at radius 3 is 2.53 bits per heavy atom. The van der Waals surface area contributed by atoms with Crippen LogP contribution in [0.1, 0.15) is 18.1 Å². The lowest BCUT2D eigenvalue weighted by atomic mass is 10.1. The van der Waals surface area contributed by atoms with Gasteiger partial charge in [0.2, 0.25) is 0 Å². The number of nitrogens with one attached hydrogen (secondary N) is 1. The van der Waals surface area contributed by atoms with Gasteiger partial charge >= 0.3 is 0 Å². The number of hydrogen-bond acceptors (Lipinski definition) is 3. The van der Waals surface area contributed by atoms with Crippen molar-refractivity contribution in [3.63, 3.8) is 0 Å². The van der Waals surface area contributed by atoms with Crippen LogP contribution in [0.25, 0.3) is 0 Å². The molecule has 0 radical (unpaired) electrons. The lowest BCUT2D eigenvalue weighted by Gasteiger charge is -2.22. The third-order valence-corrected chi connectivity index (χ3v) is 3.34. The minimum Gasteiger partial charge on any atom is -0.344 e. The molecule has 0 saturated carbocycles. The Morgan fingerprint density at radius 2 is 1.89 bits per heavy atom. The molecule has 1 heterocycles. The number of hydrogen-bond donors (Lipinski definition) is 1. The molecule has 2 rings (SSSR count). The predicted octanol–water partition coefficient (Wildman–Crippen LogP) is 3.13. The van der Waals surface area contributed by atoms with Crippen LogP contribution in [0.5, 0.6) is 0 Å². The number of rotatable bonds is 5. The van der Waals surface area contributed by atoms with Crippen LogP contribution in [0.3, 0.4) is 0 Å². The molecule has 0 unspecified atom stereocenters. The first kappa shape index (κ1) is 13.6. The van der Waals surface area contributed by atoms with Gasteiger partial charge in [-0.3, -0.25) is 4.98 Å². The summed E-state index contributed by atoms with van der Waals surface area (Å²) in [5, 5.41) is 3.18. The quantitative estimate of drug-likeness (QED) is 0.889. The third-order valence-electron chi connectivity index (χ3n) is 3.34. The zero-order valence-electron chi connectivity index (χ0n) is 11.9. The van der Waals surface area contributed by atoms with Gasteiger partial charge in [-0.15, -0.1) is 0 Å². The van der Waals surface area contributed by atoms with Crippen LogP contribution in [-0.4, -0.2) is 19.1 Å². The van der Waals surface area contributed by atoms with Crippen LogP contribution < -0.4 is 10.2 Å². The molecule has 0 bridgehead atoms. The van der Waals surface area contributed by atoms with Crippen molar-refractivity contribution in [2.45, 2.75) is 19.9 Å². The fourth-order valence-electron chi connectivity index (χ4n) is 2.17. The molecule has 1 aromatic carbocycles. The van der Waals surface area contributed by atoms with E-state index in [1.165, 1.54) is 22.5 Å². The first-order valence-corrected chi connectivity index (χ1v) is 6.66. The molecule has 0 spiro atoms. The first-order chi connectivity index (χ1) is 9.26. The van der Waals surface area contributed by atoms with Gasteiger partial charge in [-0.1, -0.05) is 19.1 Å². The summed E-state index contributed by atoms with van der Waals surface area (Å²) >= 11 is 0. The molecule has 100 valence electrons. The lowest BCUT2D eigenvalue weighted by Crippen LogP contribution is -2.15. The van der Waals surface area contributed by atoms with Crippen LogP contribution in [0, 0.1) is 0 Å². The largest absolute Gasteiger partial charge is 0.344 e. The van der Waals surface area contributed by atoms with Crippen molar-refractivity contribution in [1.82, 2.24) is 10.3 Å². The Bertz CT molecular complexity index is 520. The summed E-state index contributed by atoms with van der Waals surface area (Å²) in [4.78, 5) is 6.40. The highest BCUT2D eigenvalue weighted by molar-refractivity contribution is 5.65. The number of aromatic nitrogens is 1. The standard InChI is InChI=1S/C16H21N3/c1-4-13-5-7-15(8-6-13)19(3)16-9-10-18-12-14(16)11-17-2/h5-10,12,17H,4,11H2,1-3H3. The van der Waals surface area contributed by atoms with Gasteiger partial charge < -0.3 is 10.2 Å². The molecule has 2 aromatic rings. The number of aryl methyl sites for hydroxylation is 1. The molecule has 0 aliphatic heterocycles. The molecular weight excluding hydrogens is 234 g/mol. The van der Waals surface area contributed by atoms with E-state index in [-0.39, 0.29) is 0 Å². The smallest absolute Gasteiger partial charge is 0.0484 e. The average Bonchev–Trinajstić information content (AvgIpc) is 2.47. The summed E-state index contributed by atoms with van der Waals surface area (Å²) < 4.78 is 0. The minimum atomic E-state index is 0.820. The highest BCUT2D eigenvalue weighted by atomic mass is 15.1. The predicted molar refractivity (Wildman–Crippen MR) is 80.9 cm³/mol. The van der Waals surface area contributed by atoms with Crippen molar-refractivity contribution >= 4 is 11.4 Å². The summed E-state index contributed by atoms with van der Waals surface area (Å²) in [6, 6.07) is 10.8. The summed E-state index contributed by atoms with van der Waals surface area (Å²) in [6.07, 6.45) is 4.83. The van der Waals surface area contributed by atoms with Crippen LogP contribution in [0.15, 0.2) is 42.7 Å². The van der Waals surface area contributed by atoms with Crippen molar-refractivity contribution in [3.8, 4) is 0 Å². The molecule has 0 fully saturated rings. The molecule has 3 nitrogen and oxygen atoms in total. The maximum atomic E-state index is 4.20. The maximum absolute atomic E-state index is 4.20. The Morgan fingerprint density at radius 1 is 1.16 bits per heavy atom. The summed E-state index contributed by atoms with van der Waals surface area (Å²) in [6.45, 7) is 2.99. The van der Waals surface area contributed by atoms with Crippen molar-refractivity contribution in [2.24, 2.45) is 0 Å². The Hall–Kier alpha value is -1.87. The molecule has 1 aromatic heterocycles. The maximum Gasteiger partial charge on any atom is 0.0484 e. The molecule has 0 aliphatic rings. The van der Waals surface area contributed by atoms with Gasteiger partial charge in [0.25, 0.3) is 0 Å². The van der Waals surface area contributed by atoms with Gasteiger partial charge in [0, 0.05) is 42.9 Å². The number of benzene rings is 1. The van der Waals surface area contributed by atoms with Crippen LogP contribution in [-0.2, 0) is 13.0 Å². The molecule has 0 amide bonds. The van der Waals surface area contributed by atoms with E-state index in [0.717, 1.165) is 13.0 Å². The van der Waals surface area contributed by atoms with Gasteiger partial charge in [0.1, 0.15) is 0 Å². The van der Waals surface area contributed by atoms with Gasteiger partial charge in [-0.2, -0.15) is 0 Å². The fourth-order valence-corrected chi connectivity index (χ4v) is 2.17.